The van der Waals surface area contributed by atoms with Crippen LogP contribution in [0, 0.1) is 11.6 Å². The van der Waals surface area contributed by atoms with Crippen molar-refractivity contribution in [2.75, 3.05) is 0 Å². The van der Waals surface area contributed by atoms with Crippen molar-refractivity contribution in [1.82, 2.24) is 0 Å². The van der Waals surface area contributed by atoms with Crippen molar-refractivity contribution in [1.29, 1.82) is 0 Å². The summed E-state index contributed by atoms with van der Waals surface area (Å²) in [5, 5.41) is 36.7. The lowest BCUT2D eigenvalue weighted by Gasteiger charge is -2.07. The molecule has 4 rings (SSSR count). The van der Waals surface area contributed by atoms with E-state index in [2.05, 4.69) is 0 Å². The molecule has 188 valence electrons. The molecule has 0 heterocycles. The van der Waals surface area contributed by atoms with Gasteiger partial charge in [0.05, 0.1) is 0 Å². The van der Waals surface area contributed by atoms with Gasteiger partial charge in [-0.3, -0.25) is 0 Å². The fourth-order valence-electron chi connectivity index (χ4n) is 3.13. The molecule has 0 amide bonds. The fraction of sp³-hybridized carbons (Fsp3) is 0. The van der Waals surface area contributed by atoms with Crippen LogP contribution in [0.15, 0.2) is 84.9 Å². The van der Waals surface area contributed by atoms with Crippen LogP contribution >= 0.6 is 0 Å². The number of aromatic carboxylic acids is 2. The van der Waals surface area contributed by atoms with Gasteiger partial charge in [0, 0.05) is 11.6 Å². The molecule has 0 aliphatic rings. The molecule has 0 saturated heterocycles. The third-order valence-electron chi connectivity index (χ3n) is 4.91. The molecule has 0 aromatic heterocycles. The summed E-state index contributed by atoms with van der Waals surface area (Å²) in [6, 6.07) is 18.3. The van der Waals surface area contributed by atoms with Crippen LogP contribution in [0.3, 0.4) is 0 Å². The Morgan fingerprint density at radius 2 is 1.24 bits per heavy atom. The maximum absolute atomic E-state index is 13.5. The van der Waals surface area contributed by atoms with E-state index in [1.807, 2.05) is 0 Å². The van der Waals surface area contributed by atoms with Gasteiger partial charge in [-0.1, -0.05) is 30.3 Å². The van der Waals surface area contributed by atoms with Gasteiger partial charge in [0.2, 0.25) is 0 Å². The molecule has 0 spiro atoms. The number of rotatable bonds is 5. The molecule has 4 aromatic rings. The van der Waals surface area contributed by atoms with Crippen molar-refractivity contribution in [2.24, 2.45) is 0 Å². The van der Waals surface area contributed by atoms with Gasteiger partial charge in [-0.25, -0.2) is 23.2 Å². The zero-order valence-electron chi connectivity index (χ0n) is 18.8. The number of hydrogen-bond donors (Lipinski definition) is 4. The number of halogens is 2. The van der Waals surface area contributed by atoms with Gasteiger partial charge >= 0.3 is 17.9 Å². The average molecular weight is 508 g/mol. The average Bonchev–Trinajstić information content (AvgIpc) is 2.85. The van der Waals surface area contributed by atoms with E-state index >= 15 is 0 Å². The van der Waals surface area contributed by atoms with E-state index in [1.165, 1.54) is 42.5 Å². The Labute approximate surface area is 208 Å². The van der Waals surface area contributed by atoms with Crippen molar-refractivity contribution >= 4 is 17.9 Å². The Kier molecular flexibility index (Phi) is 8.16. The van der Waals surface area contributed by atoms with Crippen LogP contribution in [-0.4, -0.2) is 38.3 Å². The SMILES string of the molecule is O=C(O)c1cc(-c2ccc(F)cc2F)ccc1O.O=C(Oc1ccccc1C(=O)O)c1ccccc1O. The zero-order chi connectivity index (χ0) is 27.1. The molecule has 10 heteroatoms. The lowest BCUT2D eigenvalue weighted by molar-refractivity contribution is 0.0671. The highest BCUT2D eigenvalue weighted by molar-refractivity contribution is 5.97. The number of phenols is 2. The molecule has 0 saturated carbocycles. The molecule has 0 aliphatic carbocycles. The first-order valence-corrected chi connectivity index (χ1v) is 10.4. The summed E-state index contributed by atoms with van der Waals surface area (Å²) in [5.74, 6) is -5.54. The van der Waals surface area contributed by atoms with Gasteiger partial charge in [0.15, 0.2) is 0 Å². The number of ether oxygens (including phenoxy) is 1. The number of phenolic OH excluding ortho intramolecular Hbond substituents is 1. The Hall–Kier alpha value is -5.25. The first-order valence-electron chi connectivity index (χ1n) is 10.4. The molecular formula is C27H18F2O8. The molecular weight excluding hydrogens is 490 g/mol. The summed E-state index contributed by atoms with van der Waals surface area (Å²) in [6.07, 6.45) is 0. The molecule has 0 aliphatic heterocycles. The minimum atomic E-state index is -1.32. The Morgan fingerprint density at radius 3 is 1.86 bits per heavy atom. The van der Waals surface area contributed by atoms with Gasteiger partial charge in [-0.15, -0.1) is 0 Å². The normalized spacial score (nSPS) is 10.1. The molecule has 4 aromatic carbocycles. The monoisotopic (exact) mass is 508 g/mol. The summed E-state index contributed by atoms with van der Waals surface area (Å²) in [7, 11) is 0. The highest BCUT2D eigenvalue weighted by Gasteiger charge is 2.17. The van der Waals surface area contributed by atoms with E-state index in [0.717, 1.165) is 18.2 Å². The first-order chi connectivity index (χ1) is 17.6. The van der Waals surface area contributed by atoms with Crippen LogP contribution in [0.4, 0.5) is 8.78 Å². The van der Waals surface area contributed by atoms with Crippen LogP contribution in [0.5, 0.6) is 17.2 Å². The third-order valence-corrected chi connectivity index (χ3v) is 4.91. The highest BCUT2D eigenvalue weighted by Crippen LogP contribution is 2.28. The third kappa shape index (κ3) is 6.45. The summed E-state index contributed by atoms with van der Waals surface area (Å²) < 4.78 is 31.3. The van der Waals surface area contributed by atoms with Crippen molar-refractivity contribution in [3.05, 3.63) is 113 Å². The number of para-hydroxylation sites is 2. The van der Waals surface area contributed by atoms with E-state index in [9.17, 15) is 33.4 Å². The molecule has 0 bridgehead atoms. The van der Waals surface area contributed by atoms with Crippen LogP contribution in [0.1, 0.15) is 31.1 Å². The van der Waals surface area contributed by atoms with E-state index in [1.54, 1.807) is 18.2 Å². The lowest BCUT2D eigenvalue weighted by atomic mass is 10.0. The number of aromatic hydroxyl groups is 2. The fourth-order valence-corrected chi connectivity index (χ4v) is 3.13. The van der Waals surface area contributed by atoms with Crippen molar-refractivity contribution in [2.45, 2.75) is 0 Å². The molecule has 37 heavy (non-hydrogen) atoms. The van der Waals surface area contributed by atoms with E-state index in [4.69, 9.17) is 14.9 Å². The van der Waals surface area contributed by atoms with Crippen LogP contribution < -0.4 is 4.74 Å². The van der Waals surface area contributed by atoms with Gasteiger partial charge < -0.3 is 25.2 Å². The van der Waals surface area contributed by atoms with Crippen LogP contribution in [0.2, 0.25) is 0 Å². The number of esters is 1. The summed E-state index contributed by atoms with van der Waals surface area (Å²) in [4.78, 5) is 33.6. The van der Waals surface area contributed by atoms with Crippen molar-refractivity contribution in [3.63, 3.8) is 0 Å². The zero-order valence-corrected chi connectivity index (χ0v) is 18.8. The van der Waals surface area contributed by atoms with Gasteiger partial charge in [0.25, 0.3) is 0 Å². The number of carbonyl (C=O) groups excluding carboxylic acids is 1. The Bertz CT molecular complexity index is 1480. The number of hydrogen-bond acceptors (Lipinski definition) is 6. The number of benzene rings is 4. The maximum atomic E-state index is 13.5. The minimum absolute atomic E-state index is 0.0253. The summed E-state index contributed by atoms with van der Waals surface area (Å²) in [6.45, 7) is 0. The molecule has 8 nitrogen and oxygen atoms in total. The highest BCUT2D eigenvalue weighted by atomic mass is 19.1. The lowest BCUT2D eigenvalue weighted by Crippen LogP contribution is -2.11. The molecule has 0 fully saturated rings. The Morgan fingerprint density at radius 1 is 0.649 bits per heavy atom. The second-order valence-corrected chi connectivity index (χ2v) is 7.37. The second kappa shape index (κ2) is 11.5. The smallest absolute Gasteiger partial charge is 0.347 e. The van der Waals surface area contributed by atoms with Crippen molar-refractivity contribution < 1.29 is 48.3 Å². The summed E-state index contributed by atoms with van der Waals surface area (Å²) >= 11 is 0. The Balaban J connectivity index is 0.000000206. The van der Waals surface area contributed by atoms with E-state index in [0.29, 0.717) is 6.07 Å². The van der Waals surface area contributed by atoms with Gasteiger partial charge in [0.1, 0.15) is 45.6 Å². The van der Waals surface area contributed by atoms with Crippen molar-refractivity contribution in [3.8, 4) is 28.4 Å². The maximum Gasteiger partial charge on any atom is 0.347 e. The van der Waals surface area contributed by atoms with Gasteiger partial charge in [-0.2, -0.15) is 0 Å². The van der Waals surface area contributed by atoms with E-state index in [-0.39, 0.29) is 39.3 Å². The number of carboxylic acids is 2. The molecule has 4 N–H and O–H groups in total. The topological polar surface area (TPSA) is 141 Å². The molecule has 0 radical (unpaired) electrons. The standard InChI is InChI=1S/C14H10O5.C13H8F2O3/c15-11-7-3-1-5-9(11)14(18)19-12-8-4-2-6-10(12)13(16)17;14-8-2-3-9(11(15)6-8)7-1-4-12(16)10(5-7)13(17)18/h1-8,15H,(H,16,17);1-6,16H,(H,17,18). The number of carbonyl (C=O) groups is 3. The summed E-state index contributed by atoms with van der Waals surface area (Å²) in [5.41, 5.74) is -0.160. The molecule has 0 unspecified atom stereocenters. The number of carboxylic acid groups (broad SMARTS) is 2. The predicted octanol–water partition coefficient (Wildman–Crippen LogP) is 5.35. The minimum Gasteiger partial charge on any atom is -0.507 e. The van der Waals surface area contributed by atoms with E-state index < -0.39 is 35.3 Å². The predicted molar refractivity (Wildman–Crippen MR) is 127 cm³/mol. The second-order valence-electron chi connectivity index (χ2n) is 7.37. The van der Waals surface area contributed by atoms with Crippen LogP contribution in [0.25, 0.3) is 11.1 Å². The largest absolute Gasteiger partial charge is 0.507 e. The van der Waals surface area contributed by atoms with Crippen LogP contribution in [-0.2, 0) is 0 Å². The molecule has 0 atom stereocenters. The first kappa shape index (κ1) is 26.4. The quantitative estimate of drug-likeness (QED) is 0.209. The van der Waals surface area contributed by atoms with Gasteiger partial charge in [-0.05, 0) is 54.1 Å².